The summed E-state index contributed by atoms with van der Waals surface area (Å²) in [7, 11) is 0. The molecule has 51 heavy (non-hydrogen) atoms. The number of carbonyl (C=O) groups is 4. The van der Waals surface area contributed by atoms with Crippen LogP contribution in [0.5, 0.6) is 0 Å². The number of carboxylic acid groups (broad SMARTS) is 1. The van der Waals surface area contributed by atoms with Gasteiger partial charge in [0.2, 0.25) is 11.8 Å². The number of fused-ring (bicyclic) bond motifs is 7. The largest absolute Gasteiger partial charge is 0.480 e. The van der Waals surface area contributed by atoms with Gasteiger partial charge >= 0.3 is 11.9 Å². The molecule has 5 aliphatic rings. The van der Waals surface area contributed by atoms with Crippen LogP contribution in [-0.4, -0.2) is 48.1 Å². The average molecular weight is 703 g/mol. The number of hydrogen-bond acceptors (Lipinski definition) is 5. The van der Waals surface area contributed by atoms with E-state index in [1.807, 2.05) is 30.3 Å². The van der Waals surface area contributed by atoms with Crippen molar-refractivity contribution in [3.05, 3.63) is 47.5 Å². The molecule has 4 saturated carbocycles. The molecule has 3 N–H and O–H groups in total. The lowest BCUT2D eigenvalue weighted by Gasteiger charge is -2.71. The van der Waals surface area contributed by atoms with Gasteiger partial charge in [0, 0.05) is 18.4 Å². The molecule has 0 saturated heterocycles. The van der Waals surface area contributed by atoms with E-state index in [0.29, 0.717) is 30.4 Å². The van der Waals surface area contributed by atoms with Crippen molar-refractivity contribution in [2.75, 3.05) is 13.1 Å². The number of rotatable bonds is 9. The summed E-state index contributed by atoms with van der Waals surface area (Å²) < 4.78 is 6.30. The van der Waals surface area contributed by atoms with Crippen LogP contribution in [0.15, 0.2) is 42.0 Å². The van der Waals surface area contributed by atoms with Crippen LogP contribution in [0.2, 0.25) is 0 Å². The fraction of sp³-hybridized carbons (Fsp3) is 0.721. The Balaban J connectivity index is 1.22. The third-order valence-corrected chi connectivity index (χ3v) is 15.6. The zero-order valence-electron chi connectivity index (χ0n) is 32.2. The monoisotopic (exact) mass is 702 g/mol. The Morgan fingerprint density at radius 1 is 0.843 bits per heavy atom. The summed E-state index contributed by atoms with van der Waals surface area (Å²) in [6.45, 7) is 17.1. The van der Waals surface area contributed by atoms with E-state index < -0.39 is 11.4 Å². The van der Waals surface area contributed by atoms with Crippen LogP contribution in [0.4, 0.5) is 0 Å². The molecular formula is C43H62N2O6. The van der Waals surface area contributed by atoms with Gasteiger partial charge in [-0.05, 0) is 122 Å². The zero-order chi connectivity index (χ0) is 37.0. The molecule has 0 radical (unpaired) electrons. The van der Waals surface area contributed by atoms with Gasteiger partial charge in [-0.2, -0.15) is 0 Å². The SMILES string of the molecule is CC1(C)CC[C@]2(C(=O)NCCCC(=O)NCC(=O)O)CC[C@]3(C)C(=CC[C@@H]4[C@@]5(C)CC[C@H](OC(=O)c6ccccc6)C(C)(C)[C@@H]5CC[C@]43C)[C@@H]2C1. The molecule has 8 nitrogen and oxygen atoms in total. The molecule has 8 atom stereocenters. The molecule has 6 rings (SSSR count). The molecule has 1 aromatic carbocycles. The summed E-state index contributed by atoms with van der Waals surface area (Å²) in [4.78, 5) is 50.4. The number of esters is 1. The fourth-order valence-corrected chi connectivity index (χ4v) is 12.5. The molecule has 1 aromatic rings. The number of carbonyl (C=O) groups excluding carboxylic acids is 3. The predicted octanol–water partition coefficient (Wildman–Crippen LogP) is 8.11. The van der Waals surface area contributed by atoms with Gasteiger partial charge < -0.3 is 20.5 Å². The van der Waals surface area contributed by atoms with Gasteiger partial charge in [-0.25, -0.2) is 4.79 Å². The van der Waals surface area contributed by atoms with Crippen molar-refractivity contribution < 1.29 is 29.0 Å². The normalized spacial score (nSPS) is 37.6. The van der Waals surface area contributed by atoms with Crippen LogP contribution < -0.4 is 10.6 Å². The van der Waals surface area contributed by atoms with Gasteiger partial charge in [-0.15, -0.1) is 0 Å². The van der Waals surface area contributed by atoms with Gasteiger partial charge in [0.05, 0.1) is 11.0 Å². The highest BCUT2D eigenvalue weighted by Gasteiger charge is 2.69. The molecular weight excluding hydrogens is 640 g/mol. The second kappa shape index (κ2) is 13.4. The highest BCUT2D eigenvalue weighted by Crippen LogP contribution is 2.75. The maximum absolute atomic E-state index is 14.3. The first-order valence-electron chi connectivity index (χ1n) is 19.6. The molecule has 0 aliphatic heterocycles. The summed E-state index contributed by atoms with van der Waals surface area (Å²) in [6.07, 6.45) is 13.1. The molecule has 2 amide bonds. The van der Waals surface area contributed by atoms with Crippen molar-refractivity contribution in [1.29, 1.82) is 0 Å². The van der Waals surface area contributed by atoms with Gasteiger partial charge in [-0.3, -0.25) is 14.4 Å². The third-order valence-electron chi connectivity index (χ3n) is 15.6. The van der Waals surface area contributed by atoms with E-state index in [0.717, 1.165) is 64.2 Å². The fourth-order valence-electron chi connectivity index (χ4n) is 12.5. The minimum absolute atomic E-state index is 0.00520. The Bertz CT molecular complexity index is 1570. The van der Waals surface area contributed by atoms with Crippen molar-refractivity contribution in [3.63, 3.8) is 0 Å². The first-order chi connectivity index (χ1) is 23.9. The second-order valence-electron chi connectivity index (χ2n) is 19.0. The van der Waals surface area contributed by atoms with Crippen LogP contribution in [0, 0.1) is 50.2 Å². The highest BCUT2D eigenvalue weighted by atomic mass is 16.5. The summed E-state index contributed by atoms with van der Waals surface area (Å²) in [5.74, 6) is -0.327. The van der Waals surface area contributed by atoms with E-state index in [4.69, 9.17) is 9.84 Å². The smallest absolute Gasteiger partial charge is 0.338 e. The van der Waals surface area contributed by atoms with Crippen LogP contribution in [0.25, 0.3) is 0 Å². The number of carboxylic acids is 1. The Labute approximate surface area is 305 Å². The molecule has 4 fully saturated rings. The van der Waals surface area contributed by atoms with E-state index in [2.05, 4.69) is 65.2 Å². The number of benzene rings is 1. The minimum Gasteiger partial charge on any atom is -0.480 e. The van der Waals surface area contributed by atoms with E-state index in [-0.39, 0.29) is 69.8 Å². The summed E-state index contributed by atoms with van der Waals surface area (Å²) in [5, 5.41) is 14.5. The summed E-state index contributed by atoms with van der Waals surface area (Å²) >= 11 is 0. The first kappa shape index (κ1) is 37.6. The average Bonchev–Trinajstić information content (AvgIpc) is 3.07. The number of amides is 2. The lowest BCUT2D eigenvalue weighted by molar-refractivity contribution is -0.204. The van der Waals surface area contributed by atoms with Crippen LogP contribution in [0.1, 0.15) is 136 Å². The predicted molar refractivity (Wildman–Crippen MR) is 198 cm³/mol. The van der Waals surface area contributed by atoms with E-state index in [9.17, 15) is 19.2 Å². The van der Waals surface area contributed by atoms with Crippen LogP contribution in [-0.2, 0) is 19.1 Å². The van der Waals surface area contributed by atoms with Crippen molar-refractivity contribution in [2.24, 2.45) is 50.2 Å². The molecule has 0 bridgehead atoms. The van der Waals surface area contributed by atoms with E-state index in [1.165, 1.54) is 5.57 Å². The molecule has 0 aromatic heterocycles. The molecule has 0 heterocycles. The Hall–Kier alpha value is -3.16. The van der Waals surface area contributed by atoms with Crippen LogP contribution >= 0.6 is 0 Å². The number of ether oxygens (including phenoxy) is 1. The minimum atomic E-state index is -1.07. The maximum Gasteiger partial charge on any atom is 0.338 e. The zero-order valence-corrected chi connectivity index (χ0v) is 32.2. The molecule has 8 heteroatoms. The Kier molecular flexibility index (Phi) is 9.85. The first-order valence-corrected chi connectivity index (χ1v) is 19.6. The highest BCUT2D eigenvalue weighted by molar-refractivity contribution is 5.89. The van der Waals surface area contributed by atoms with Gasteiger partial charge in [0.1, 0.15) is 12.6 Å². The quantitative estimate of drug-likeness (QED) is 0.136. The lowest BCUT2D eigenvalue weighted by atomic mass is 9.33. The standard InChI is InChI=1S/C43H62N2O6/c1-38(2)21-23-43(37(50)44-25-11-14-34(46)45-27-35(47)48)24-22-41(6)29(30(43)26-38)15-16-32-40(5)19-18-33(51-36(49)28-12-9-8-10-13-28)39(3,4)31(40)17-20-42(32,41)7/h8-10,12-13,15,30-33H,11,14,16-27H2,1-7H3,(H,44,50)(H,45,46)(H,47,48)/t30-,31-,32+,33-,40-,41+,42+,43-/m0/s1. The molecule has 5 aliphatic carbocycles. The van der Waals surface area contributed by atoms with Crippen molar-refractivity contribution >= 4 is 23.8 Å². The number of hydrogen-bond donors (Lipinski definition) is 3. The molecule has 0 unspecified atom stereocenters. The number of aliphatic carboxylic acids is 1. The van der Waals surface area contributed by atoms with Crippen LogP contribution in [0.3, 0.4) is 0 Å². The Morgan fingerprint density at radius 3 is 2.25 bits per heavy atom. The molecule has 0 spiro atoms. The van der Waals surface area contributed by atoms with Gasteiger partial charge in [0.25, 0.3) is 0 Å². The van der Waals surface area contributed by atoms with Crippen molar-refractivity contribution in [3.8, 4) is 0 Å². The maximum atomic E-state index is 14.3. The van der Waals surface area contributed by atoms with Gasteiger partial charge in [-0.1, -0.05) is 78.3 Å². The molecule has 280 valence electrons. The topological polar surface area (TPSA) is 122 Å². The third kappa shape index (κ3) is 6.34. The van der Waals surface area contributed by atoms with E-state index in [1.54, 1.807) is 0 Å². The number of nitrogens with one attached hydrogen (secondary N) is 2. The van der Waals surface area contributed by atoms with Crippen molar-refractivity contribution in [1.82, 2.24) is 10.6 Å². The van der Waals surface area contributed by atoms with Crippen molar-refractivity contribution in [2.45, 2.75) is 132 Å². The van der Waals surface area contributed by atoms with Gasteiger partial charge in [0.15, 0.2) is 0 Å². The number of allylic oxidation sites excluding steroid dienone is 2. The lowest BCUT2D eigenvalue weighted by Crippen LogP contribution is -2.65. The second-order valence-corrected chi connectivity index (χ2v) is 19.0. The summed E-state index contributed by atoms with van der Waals surface area (Å²) in [5.41, 5.74) is 1.91. The summed E-state index contributed by atoms with van der Waals surface area (Å²) in [6, 6.07) is 9.38. The van der Waals surface area contributed by atoms with E-state index >= 15 is 0 Å². The Morgan fingerprint density at radius 2 is 1.55 bits per heavy atom.